The molecule has 2 heterocycles. The summed E-state index contributed by atoms with van der Waals surface area (Å²) < 4.78 is 11.7. The van der Waals surface area contributed by atoms with Gasteiger partial charge >= 0.3 is 0 Å². The summed E-state index contributed by atoms with van der Waals surface area (Å²) in [5, 5.41) is 0. The highest BCUT2D eigenvalue weighted by Gasteiger charge is 2.36. The molecule has 1 fully saturated rings. The van der Waals surface area contributed by atoms with Crippen LogP contribution >= 0.6 is 0 Å². The molecule has 0 aliphatic carbocycles. The van der Waals surface area contributed by atoms with Gasteiger partial charge in [-0.1, -0.05) is 12.1 Å². The summed E-state index contributed by atoms with van der Waals surface area (Å²) in [5.74, 6) is -0.220. The molecule has 0 bridgehead atoms. The van der Waals surface area contributed by atoms with Gasteiger partial charge in [-0.05, 0) is 31.9 Å². The second-order valence-corrected chi connectivity index (χ2v) is 4.82. The first-order valence-electron chi connectivity index (χ1n) is 5.95. The molecule has 3 heteroatoms. The number of nitrogens with zero attached hydrogens (tertiary/aromatic N) is 1. The van der Waals surface area contributed by atoms with Crippen LogP contribution in [-0.4, -0.2) is 17.4 Å². The van der Waals surface area contributed by atoms with Crippen molar-refractivity contribution in [1.29, 1.82) is 0 Å². The standard InChI is InChI=1S/C14H19NO2/c1-4-6-12-10-16-14(2,3)17-13(12)11-7-5-8-15-9-11/h4-5,7-9,12-13H,1,6,10H2,2-3H3. The number of hydrogen-bond acceptors (Lipinski definition) is 3. The van der Waals surface area contributed by atoms with Crippen molar-refractivity contribution in [3.8, 4) is 0 Å². The molecule has 2 unspecified atom stereocenters. The number of ether oxygens (including phenoxy) is 2. The van der Waals surface area contributed by atoms with Gasteiger partial charge in [0.15, 0.2) is 5.79 Å². The Hall–Kier alpha value is -1.19. The molecule has 0 spiro atoms. The van der Waals surface area contributed by atoms with Gasteiger partial charge in [-0.25, -0.2) is 0 Å². The largest absolute Gasteiger partial charge is 0.350 e. The van der Waals surface area contributed by atoms with Crippen LogP contribution in [-0.2, 0) is 9.47 Å². The SMILES string of the molecule is C=CCC1COC(C)(C)OC1c1cccnc1. The van der Waals surface area contributed by atoms with Crippen molar-refractivity contribution in [1.82, 2.24) is 4.98 Å². The molecular formula is C14H19NO2. The third-order valence-electron chi connectivity index (χ3n) is 2.97. The van der Waals surface area contributed by atoms with Gasteiger partial charge in [-0.15, -0.1) is 6.58 Å². The molecular weight excluding hydrogens is 214 g/mol. The Balaban J connectivity index is 2.22. The van der Waals surface area contributed by atoms with Crippen LogP contribution in [0, 0.1) is 5.92 Å². The van der Waals surface area contributed by atoms with Gasteiger partial charge in [-0.2, -0.15) is 0 Å². The van der Waals surface area contributed by atoms with Gasteiger partial charge in [0, 0.05) is 18.3 Å². The Kier molecular flexibility index (Phi) is 3.60. The van der Waals surface area contributed by atoms with Crippen LogP contribution in [0.3, 0.4) is 0 Å². The first-order valence-corrected chi connectivity index (χ1v) is 5.95. The average Bonchev–Trinajstić information content (AvgIpc) is 2.32. The van der Waals surface area contributed by atoms with Crippen LogP contribution in [0.4, 0.5) is 0 Å². The Morgan fingerprint density at radius 1 is 1.59 bits per heavy atom. The highest BCUT2D eigenvalue weighted by Crippen LogP contribution is 2.37. The van der Waals surface area contributed by atoms with E-state index >= 15 is 0 Å². The number of hydrogen-bond donors (Lipinski definition) is 0. The van der Waals surface area contributed by atoms with Crippen molar-refractivity contribution in [3.63, 3.8) is 0 Å². The maximum Gasteiger partial charge on any atom is 0.163 e. The average molecular weight is 233 g/mol. The molecule has 1 aliphatic rings. The second kappa shape index (κ2) is 4.98. The summed E-state index contributed by atoms with van der Waals surface area (Å²) in [4.78, 5) is 4.16. The summed E-state index contributed by atoms with van der Waals surface area (Å²) in [6, 6.07) is 3.99. The van der Waals surface area contributed by atoms with E-state index in [2.05, 4.69) is 17.6 Å². The lowest BCUT2D eigenvalue weighted by molar-refractivity contribution is -0.295. The zero-order valence-corrected chi connectivity index (χ0v) is 10.4. The van der Waals surface area contributed by atoms with Crippen LogP contribution in [0.1, 0.15) is 31.9 Å². The molecule has 1 aromatic heterocycles. The van der Waals surface area contributed by atoms with Crippen molar-refractivity contribution >= 4 is 0 Å². The van der Waals surface area contributed by atoms with Gasteiger partial charge in [0.05, 0.1) is 12.7 Å². The highest BCUT2D eigenvalue weighted by atomic mass is 16.7. The molecule has 92 valence electrons. The van der Waals surface area contributed by atoms with Crippen molar-refractivity contribution in [2.75, 3.05) is 6.61 Å². The van der Waals surface area contributed by atoms with E-state index < -0.39 is 5.79 Å². The van der Waals surface area contributed by atoms with E-state index in [0.717, 1.165) is 12.0 Å². The number of rotatable bonds is 3. The van der Waals surface area contributed by atoms with Crippen LogP contribution < -0.4 is 0 Å². The monoisotopic (exact) mass is 233 g/mol. The van der Waals surface area contributed by atoms with Gasteiger partial charge in [-0.3, -0.25) is 4.98 Å². The third-order valence-corrected chi connectivity index (χ3v) is 2.97. The fourth-order valence-electron chi connectivity index (χ4n) is 2.12. The fraction of sp³-hybridized carbons (Fsp3) is 0.500. The van der Waals surface area contributed by atoms with Crippen LogP contribution in [0.5, 0.6) is 0 Å². The van der Waals surface area contributed by atoms with E-state index in [1.165, 1.54) is 0 Å². The minimum atomic E-state index is -0.530. The molecule has 1 saturated heterocycles. The first-order chi connectivity index (χ1) is 8.12. The highest BCUT2D eigenvalue weighted by molar-refractivity contribution is 5.14. The Morgan fingerprint density at radius 3 is 3.06 bits per heavy atom. The van der Waals surface area contributed by atoms with Crippen molar-refractivity contribution in [3.05, 3.63) is 42.7 Å². The predicted octanol–water partition coefficient (Wildman–Crippen LogP) is 3.10. The van der Waals surface area contributed by atoms with Gasteiger partial charge in [0.25, 0.3) is 0 Å². The maximum absolute atomic E-state index is 6.02. The van der Waals surface area contributed by atoms with Gasteiger partial charge < -0.3 is 9.47 Å². The van der Waals surface area contributed by atoms with Crippen molar-refractivity contribution in [2.24, 2.45) is 5.92 Å². The van der Waals surface area contributed by atoms with Crippen molar-refractivity contribution < 1.29 is 9.47 Å². The van der Waals surface area contributed by atoms with E-state index in [4.69, 9.17) is 9.47 Å². The van der Waals surface area contributed by atoms with E-state index in [1.54, 1.807) is 6.20 Å². The lowest BCUT2D eigenvalue weighted by Gasteiger charge is -2.41. The van der Waals surface area contributed by atoms with Crippen molar-refractivity contribution in [2.45, 2.75) is 32.2 Å². The number of allylic oxidation sites excluding steroid dienone is 1. The van der Waals surface area contributed by atoms with E-state index in [9.17, 15) is 0 Å². The van der Waals surface area contributed by atoms with E-state index in [1.807, 2.05) is 32.2 Å². The molecule has 0 aromatic carbocycles. The summed E-state index contributed by atoms with van der Waals surface area (Å²) in [7, 11) is 0. The minimum absolute atomic E-state index is 0.0328. The fourth-order valence-corrected chi connectivity index (χ4v) is 2.12. The summed E-state index contributed by atoms with van der Waals surface area (Å²) in [6.45, 7) is 8.38. The second-order valence-electron chi connectivity index (χ2n) is 4.82. The lowest BCUT2D eigenvalue weighted by atomic mass is 9.93. The van der Waals surface area contributed by atoms with Crippen LogP contribution in [0.15, 0.2) is 37.2 Å². The Labute approximate surface area is 102 Å². The zero-order chi connectivity index (χ0) is 12.3. The molecule has 2 atom stereocenters. The summed E-state index contributed by atoms with van der Waals surface area (Å²) in [5.41, 5.74) is 1.11. The quantitative estimate of drug-likeness (QED) is 0.752. The molecule has 2 rings (SSSR count). The van der Waals surface area contributed by atoms with Gasteiger partial charge in [0.1, 0.15) is 0 Å². The normalized spacial score (nSPS) is 27.6. The topological polar surface area (TPSA) is 31.4 Å². The molecule has 17 heavy (non-hydrogen) atoms. The molecule has 0 saturated carbocycles. The minimum Gasteiger partial charge on any atom is -0.350 e. The molecule has 0 N–H and O–H groups in total. The third kappa shape index (κ3) is 2.93. The number of pyridine rings is 1. The smallest absolute Gasteiger partial charge is 0.163 e. The zero-order valence-electron chi connectivity index (χ0n) is 10.4. The maximum atomic E-state index is 6.02. The Bertz CT molecular complexity index is 375. The molecule has 0 radical (unpaired) electrons. The lowest BCUT2D eigenvalue weighted by Crippen LogP contribution is -2.41. The van der Waals surface area contributed by atoms with E-state index in [-0.39, 0.29) is 6.10 Å². The molecule has 3 nitrogen and oxygen atoms in total. The first kappa shape index (κ1) is 12.3. The van der Waals surface area contributed by atoms with Crippen LogP contribution in [0.2, 0.25) is 0 Å². The van der Waals surface area contributed by atoms with E-state index in [0.29, 0.717) is 12.5 Å². The molecule has 1 aromatic rings. The van der Waals surface area contributed by atoms with Gasteiger partial charge in [0.2, 0.25) is 0 Å². The number of aromatic nitrogens is 1. The summed E-state index contributed by atoms with van der Waals surface area (Å²) >= 11 is 0. The molecule has 0 amide bonds. The molecule has 1 aliphatic heterocycles. The Morgan fingerprint density at radius 2 is 2.41 bits per heavy atom. The van der Waals surface area contributed by atoms with Crippen LogP contribution in [0.25, 0.3) is 0 Å². The predicted molar refractivity (Wildman–Crippen MR) is 66.4 cm³/mol. The summed E-state index contributed by atoms with van der Waals surface area (Å²) in [6.07, 6.45) is 6.47.